The maximum atomic E-state index is 13.1. The number of aromatic nitrogens is 2. The smallest absolute Gasteiger partial charge is 0.185 e. The van der Waals surface area contributed by atoms with Crippen LogP contribution in [0.4, 0.5) is 0 Å². The number of imidazole rings is 1. The van der Waals surface area contributed by atoms with Crippen molar-refractivity contribution in [3.05, 3.63) is 191 Å². The third-order valence-electron chi connectivity index (χ3n) is 7.93. The van der Waals surface area contributed by atoms with Crippen molar-refractivity contribution >= 4 is 33.3 Å². The number of benzene rings is 5. The van der Waals surface area contributed by atoms with E-state index in [0.717, 1.165) is 38.9 Å². The minimum Gasteiger partial charge on any atom is -0.318 e. The van der Waals surface area contributed by atoms with E-state index in [-0.39, 0.29) is 5.78 Å². The number of hydrogen-bond donors (Lipinski definition) is 0. The lowest BCUT2D eigenvalue weighted by Crippen LogP contribution is -2.36. The van der Waals surface area contributed by atoms with Gasteiger partial charge in [0, 0.05) is 22.0 Å². The maximum Gasteiger partial charge on any atom is 0.185 e. The van der Waals surface area contributed by atoms with Gasteiger partial charge < -0.3 is 4.57 Å². The predicted octanol–water partition coefficient (Wildman–Crippen LogP) is 9.50. The lowest BCUT2D eigenvalue weighted by Gasteiger charge is -2.37. The van der Waals surface area contributed by atoms with Gasteiger partial charge in [0.2, 0.25) is 0 Å². The number of carbonyl (C=O) groups excluding carboxylic acids is 1. The fraction of sp³-hybridized carbons (Fsp3) is 0.0256. The number of fused-ring (bicyclic) bond motifs is 1. The third-order valence-corrected chi connectivity index (χ3v) is 8.83. The molecule has 3 nitrogen and oxygen atoms in total. The highest BCUT2D eigenvalue weighted by molar-refractivity contribution is 7.17. The van der Waals surface area contributed by atoms with Gasteiger partial charge in [0.15, 0.2) is 5.78 Å². The van der Waals surface area contributed by atoms with Crippen molar-refractivity contribution in [2.45, 2.75) is 5.54 Å². The topological polar surface area (TPSA) is 34.9 Å². The first-order valence-corrected chi connectivity index (χ1v) is 15.1. The lowest BCUT2D eigenvalue weighted by molar-refractivity contribution is 0.104. The van der Waals surface area contributed by atoms with E-state index in [1.54, 1.807) is 17.4 Å². The molecule has 7 rings (SSSR count). The Bertz CT molecular complexity index is 1940. The zero-order chi connectivity index (χ0) is 29.1. The minimum atomic E-state index is -0.643. The molecule has 206 valence electrons. The molecule has 0 fully saturated rings. The third kappa shape index (κ3) is 4.92. The van der Waals surface area contributed by atoms with Gasteiger partial charge in [-0.05, 0) is 63.4 Å². The average Bonchev–Trinajstić information content (AvgIpc) is 3.76. The first-order valence-electron chi connectivity index (χ1n) is 14.2. The molecule has 0 aliphatic carbocycles. The molecule has 4 heteroatoms. The number of rotatable bonds is 8. The normalized spacial score (nSPS) is 11.7. The molecule has 0 N–H and O–H groups in total. The number of hydrogen-bond acceptors (Lipinski definition) is 3. The van der Waals surface area contributed by atoms with Crippen LogP contribution in [0, 0.1) is 0 Å². The number of ketones is 1. The van der Waals surface area contributed by atoms with E-state index < -0.39 is 5.54 Å². The maximum absolute atomic E-state index is 13.1. The second-order valence-electron chi connectivity index (χ2n) is 10.4. The number of thiophene rings is 1. The summed E-state index contributed by atoms with van der Waals surface area (Å²) in [5.41, 5.74) is 6.18. The molecule has 0 spiro atoms. The predicted molar refractivity (Wildman–Crippen MR) is 177 cm³/mol. The van der Waals surface area contributed by atoms with Crippen molar-refractivity contribution in [2.24, 2.45) is 0 Å². The molecule has 5 aromatic carbocycles. The monoisotopic (exact) mass is 572 g/mol. The molecule has 0 unspecified atom stereocenters. The summed E-state index contributed by atoms with van der Waals surface area (Å²) >= 11 is 1.68. The molecule has 0 aliphatic rings. The Balaban J connectivity index is 1.32. The summed E-state index contributed by atoms with van der Waals surface area (Å²) in [6, 6.07) is 47.7. The van der Waals surface area contributed by atoms with Gasteiger partial charge in [-0.25, -0.2) is 4.98 Å². The Kier molecular flexibility index (Phi) is 7.12. The molecule has 0 atom stereocenters. The number of allylic oxidation sites excluding steroid dienone is 1. The SMILES string of the molecule is O=C(/C=C/c1ccccc1-c1cn(C(c2ccccc2)(c2ccccc2)c2ccccc2)cn1)c1ccc2sccc2c1. The number of nitrogens with zero attached hydrogens (tertiary/aromatic N) is 2. The first-order chi connectivity index (χ1) is 21.2. The van der Waals surface area contributed by atoms with Gasteiger partial charge in [0.05, 0.1) is 12.0 Å². The Morgan fingerprint density at radius 1 is 0.698 bits per heavy atom. The molecular weight excluding hydrogens is 545 g/mol. The molecule has 2 heterocycles. The van der Waals surface area contributed by atoms with Gasteiger partial charge in [-0.1, -0.05) is 121 Å². The molecular formula is C39H28N2OS. The van der Waals surface area contributed by atoms with Gasteiger partial charge in [0.25, 0.3) is 0 Å². The standard InChI is InChI=1S/C39H28N2OS/c42-37(30-21-23-38-31(26-30)24-25-43-38)22-20-29-12-10-11-19-35(29)36-27-41(28-40-36)39(32-13-4-1-5-14-32,33-15-6-2-7-16-33)34-17-8-3-9-18-34/h1-28H/b22-20+. The van der Waals surface area contributed by atoms with Crippen LogP contribution in [0.15, 0.2) is 164 Å². The van der Waals surface area contributed by atoms with Crippen molar-refractivity contribution in [1.82, 2.24) is 9.55 Å². The van der Waals surface area contributed by atoms with Gasteiger partial charge in [-0.2, -0.15) is 0 Å². The second kappa shape index (κ2) is 11.5. The molecule has 0 aliphatic heterocycles. The fourth-order valence-corrected chi connectivity index (χ4v) is 6.66. The van der Waals surface area contributed by atoms with Gasteiger partial charge in [-0.3, -0.25) is 4.79 Å². The summed E-state index contributed by atoms with van der Waals surface area (Å²) in [6.45, 7) is 0. The quantitative estimate of drug-likeness (QED) is 0.103. The van der Waals surface area contributed by atoms with Crippen molar-refractivity contribution in [1.29, 1.82) is 0 Å². The van der Waals surface area contributed by atoms with Crippen molar-refractivity contribution in [3.63, 3.8) is 0 Å². The van der Waals surface area contributed by atoms with Crippen molar-refractivity contribution < 1.29 is 4.79 Å². The van der Waals surface area contributed by atoms with Crippen LogP contribution < -0.4 is 0 Å². The Morgan fingerprint density at radius 3 is 1.95 bits per heavy atom. The van der Waals surface area contributed by atoms with Crippen LogP contribution in [-0.4, -0.2) is 15.3 Å². The summed E-state index contributed by atoms with van der Waals surface area (Å²) in [4.78, 5) is 18.1. The zero-order valence-corrected chi connectivity index (χ0v) is 24.2. The van der Waals surface area contributed by atoms with E-state index in [9.17, 15) is 4.79 Å². The summed E-state index contributed by atoms with van der Waals surface area (Å²) < 4.78 is 3.39. The van der Waals surface area contributed by atoms with Gasteiger partial charge in [-0.15, -0.1) is 11.3 Å². The summed E-state index contributed by atoms with van der Waals surface area (Å²) in [5, 5.41) is 3.14. The number of carbonyl (C=O) groups is 1. The van der Waals surface area contributed by atoms with Crippen molar-refractivity contribution in [2.75, 3.05) is 0 Å². The molecule has 2 aromatic heterocycles. The van der Waals surface area contributed by atoms with E-state index in [2.05, 4.69) is 89.6 Å². The first kappa shape index (κ1) is 26.6. The van der Waals surface area contributed by atoms with E-state index in [1.807, 2.05) is 78.4 Å². The molecule has 0 saturated heterocycles. The Morgan fingerprint density at radius 2 is 1.30 bits per heavy atom. The van der Waals surface area contributed by atoms with Crippen LogP contribution in [0.5, 0.6) is 0 Å². The minimum absolute atomic E-state index is 0.0234. The van der Waals surface area contributed by atoms with Gasteiger partial charge >= 0.3 is 0 Å². The van der Waals surface area contributed by atoms with Crippen molar-refractivity contribution in [3.8, 4) is 11.3 Å². The zero-order valence-electron chi connectivity index (χ0n) is 23.4. The highest BCUT2D eigenvalue weighted by atomic mass is 32.1. The summed E-state index contributed by atoms with van der Waals surface area (Å²) in [7, 11) is 0. The van der Waals surface area contributed by atoms with Crippen LogP contribution in [0.3, 0.4) is 0 Å². The summed E-state index contributed by atoms with van der Waals surface area (Å²) in [6.07, 6.45) is 7.59. The molecule has 0 amide bonds. The van der Waals surface area contributed by atoms with Crippen LogP contribution in [0.25, 0.3) is 27.4 Å². The Hall–Kier alpha value is -5.32. The fourth-order valence-electron chi connectivity index (χ4n) is 5.89. The Labute approximate surface area is 255 Å². The average molecular weight is 573 g/mol. The van der Waals surface area contributed by atoms with E-state index in [1.165, 1.54) is 4.70 Å². The molecule has 0 radical (unpaired) electrons. The van der Waals surface area contributed by atoms with E-state index in [4.69, 9.17) is 4.98 Å². The van der Waals surface area contributed by atoms with Crippen LogP contribution in [-0.2, 0) is 5.54 Å². The highest BCUT2D eigenvalue weighted by Gasteiger charge is 2.38. The van der Waals surface area contributed by atoms with Crippen LogP contribution in [0.1, 0.15) is 32.6 Å². The second-order valence-corrected chi connectivity index (χ2v) is 11.4. The molecule has 7 aromatic rings. The van der Waals surface area contributed by atoms with Gasteiger partial charge in [0.1, 0.15) is 5.54 Å². The largest absolute Gasteiger partial charge is 0.318 e. The summed E-state index contributed by atoms with van der Waals surface area (Å²) in [5.74, 6) is -0.0234. The molecule has 43 heavy (non-hydrogen) atoms. The van der Waals surface area contributed by atoms with E-state index in [0.29, 0.717) is 5.56 Å². The lowest BCUT2D eigenvalue weighted by atomic mass is 9.77. The van der Waals surface area contributed by atoms with Crippen LogP contribution >= 0.6 is 11.3 Å². The molecule has 0 saturated carbocycles. The van der Waals surface area contributed by atoms with Crippen LogP contribution in [0.2, 0.25) is 0 Å². The highest BCUT2D eigenvalue weighted by Crippen LogP contribution is 2.41. The molecule has 0 bridgehead atoms. The van der Waals surface area contributed by atoms with E-state index >= 15 is 0 Å².